The third-order valence-corrected chi connectivity index (χ3v) is 3.93. The van der Waals surface area contributed by atoms with Crippen molar-refractivity contribution in [2.45, 2.75) is 6.61 Å². The highest BCUT2D eigenvalue weighted by Gasteiger charge is 2.09. The van der Waals surface area contributed by atoms with Crippen LogP contribution in [0.2, 0.25) is 0 Å². The number of phenols is 1. The van der Waals surface area contributed by atoms with Crippen LogP contribution in [-0.2, 0) is 11.4 Å². The molecule has 0 fully saturated rings. The molecule has 5 nitrogen and oxygen atoms in total. The lowest BCUT2D eigenvalue weighted by Gasteiger charge is -2.07. The van der Waals surface area contributed by atoms with Crippen molar-refractivity contribution in [3.05, 3.63) is 95.6 Å². The predicted molar refractivity (Wildman–Crippen MR) is 108 cm³/mol. The van der Waals surface area contributed by atoms with E-state index in [2.05, 4.69) is 5.32 Å². The molecule has 5 heteroatoms. The molecule has 0 atom stereocenters. The fourth-order valence-electron chi connectivity index (χ4n) is 2.46. The van der Waals surface area contributed by atoms with Gasteiger partial charge in [0.1, 0.15) is 29.7 Å². The number of anilines is 1. The summed E-state index contributed by atoms with van der Waals surface area (Å²) < 4.78 is 5.73. The average Bonchev–Trinajstić information content (AvgIpc) is 2.73. The quantitative estimate of drug-likeness (QED) is 0.380. The van der Waals surface area contributed by atoms with Gasteiger partial charge in [-0.05, 0) is 53.6 Å². The Morgan fingerprint density at radius 2 is 1.68 bits per heavy atom. The first-order valence-corrected chi connectivity index (χ1v) is 8.63. The third-order valence-electron chi connectivity index (χ3n) is 3.93. The predicted octanol–water partition coefficient (Wildman–Crippen LogP) is 4.52. The van der Waals surface area contributed by atoms with Gasteiger partial charge in [-0.1, -0.05) is 42.5 Å². The molecule has 0 saturated carbocycles. The molecule has 0 spiro atoms. The fourth-order valence-corrected chi connectivity index (χ4v) is 2.46. The normalized spacial score (nSPS) is 10.8. The molecule has 0 radical (unpaired) electrons. The summed E-state index contributed by atoms with van der Waals surface area (Å²) in [5.74, 6) is 0.286. The van der Waals surface area contributed by atoms with Gasteiger partial charge < -0.3 is 15.2 Å². The summed E-state index contributed by atoms with van der Waals surface area (Å²) >= 11 is 0. The summed E-state index contributed by atoms with van der Waals surface area (Å²) in [6, 6.07) is 24.9. The second-order valence-corrected chi connectivity index (χ2v) is 6.01. The molecule has 138 valence electrons. The van der Waals surface area contributed by atoms with Crippen LogP contribution in [0.25, 0.3) is 6.08 Å². The second-order valence-electron chi connectivity index (χ2n) is 6.01. The van der Waals surface area contributed by atoms with Gasteiger partial charge in [-0.3, -0.25) is 4.79 Å². The maximum atomic E-state index is 12.3. The van der Waals surface area contributed by atoms with Crippen LogP contribution in [0.15, 0.2) is 84.4 Å². The average molecular weight is 370 g/mol. The van der Waals surface area contributed by atoms with Crippen molar-refractivity contribution in [2.75, 3.05) is 5.32 Å². The Kier molecular flexibility index (Phi) is 6.06. The number of carbonyl (C=O) groups excluding carboxylic acids is 1. The SMILES string of the molecule is N#C/C(=C\c1ccc(OCc2ccccc2)cc1)C(=O)Nc1ccc(O)cc1. The molecule has 0 aliphatic rings. The summed E-state index contributed by atoms with van der Waals surface area (Å²) in [5, 5.41) is 21.2. The number of nitriles is 1. The number of nitrogens with zero attached hydrogens (tertiary/aromatic N) is 1. The minimum Gasteiger partial charge on any atom is -0.508 e. The number of hydrogen-bond acceptors (Lipinski definition) is 4. The fraction of sp³-hybridized carbons (Fsp3) is 0.0435. The van der Waals surface area contributed by atoms with Crippen molar-refractivity contribution in [2.24, 2.45) is 0 Å². The summed E-state index contributed by atoms with van der Waals surface area (Å²) in [7, 11) is 0. The van der Waals surface area contributed by atoms with Gasteiger partial charge in [0, 0.05) is 5.69 Å². The third kappa shape index (κ3) is 5.23. The van der Waals surface area contributed by atoms with Crippen LogP contribution in [0.4, 0.5) is 5.69 Å². The zero-order valence-corrected chi connectivity index (χ0v) is 15.0. The van der Waals surface area contributed by atoms with Gasteiger partial charge >= 0.3 is 0 Å². The van der Waals surface area contributed by atoms with E-state index in [9.17, 15) is 15.2 Å². The van der Waals surface area contributed by atoms with Crippen molar-refractivity contribution in [1.82, 2.24) is 0 Å². The Morgan fingerprint density at radius 3 is 2.32 bits per heavy atom. The number of benzene rings is 3. The number of ether oxygens (including phenoxy) is 1. The highest BCUT2D eigenvalue weighted by molar-refractivity contribution is 6.09. The van der Waals surface area contributed by atoms with Crippen LogP contribution < -0.4 is 10.1 Å². The zero-order valence-electron chi connectivity index (χ0n) is 15.0. The summed E-state index contributed by atoms with van der Waals surface area (Å²) in [4.78, 5) is 12.3. The molecule has 2 N–H and O–H groups in total. The molecule has 0 unspecified atom stereocenters. The van der Waals surface area contributed by atoms with Crippen LogP contribution in [0.3, 0.4) is 0 Å². The summed E-state index contributed by atoms with van der Waals surface area (Å²) in [5.41, 5.74) is 2.26. The Balaban J connectivity index is 1.64. The van der Waals surface area contributed by atoms with E-state index in [-0.39, 0.29) is 11.3 Å². The number of rotatable bonds is 6. The van der Waals surface area contributed by atoms with Gasteiger partial charge in [0.15, 0.2) is 0 Å². The monoisotopic (exact) mass is 370 g/mol. The largest absolute Gasteiger partial charge is 0.508 e. The maximum absolute atomic E-state index is 12.3. The molecule has 1 amide bonds. The molecule has 0 heterocycles. The molecule has 0 aliphatic carbocycles. The van der Waals surface area contributed by atoms with Gasteiger partial charge in [-0.15, -0.1) is 0 Å². The number of hydrogen-bond donors (Lipinski definition) is 2. The molecule has 0 bridgehead atoms. The van der Waals surface area contributed by atoms with Gasteiger partial charge in [-0.25, -0.2) is 0 Å². The standard InChI is InChI=1S/C23H18N2O3/c24-15-19(23(27)25-20-8-10-21(26)11-9-20)14-17-6-12-22(13-7-17)28-16-18-4-2-1-3-5-18/h1-14,26H,16H2,(H,25,27)/b19-14+. The molecule has 28 heavy (non-hydrogen) atoms. The molecular formula is C23H18N2O3. The van der Waals surface area contributed by atoms with Gasteiger partial charge in [-0.2, -0.15) is 5.26 Å². The lowest BCUT2D eigenvalue weighted by molar-refractivity contribution is -0.112. The van der Waals surface area contributed by atoms with Crippen LogP contribution in [0.1, 0.15) is 11.1 Å². The number of aromatic hydroxyl groups is 1. The van der Waals surface area contributed by atoms with Gasteiger partial charge in [0.05, 0.1) is 0 Å². The van der Waals surface area contributed by atoms with Crippen molar-refractivity contribution >= 4 is 17.7 Å². The van der Waals surface area contributed by atoms with Crippen molar-refractivity contribution in [1.29, 1.82) is 5.26 Å². The highest BCUT2D eigenvalue weighted by Crippen LogP contribution is 2.18. The second kappa shape index (κ2) is 9.06. The maximum Gasteiger partial charge on any atom is 0.266 e. The molecule has 0 aromatic heterocycles. The van der Waals surface area contributed by atoms with Crippen molar-refractivity contribution < 1.29 is 14.6 Å². The number of amides is 1. The Bertz CT molecular complexity index is 1000. The Morgan fingerprint density at radius 1 is 1.00 bits per heavy atom. The number of phenolic OH excluding ortho intramolecular Hbond substituents is 1. The minimum atomic E-state index is -0.516. The van der Waals surface area contributed by atoms with E-state index in [4.69, 9.17) is 4.74 Å². The van der Waals surface area contributed by atoms with Gasteiger partial charge in [0.25, 0.3) is 5.91 Å². The van der Waals surface area contributed by atoms with E-state index in [1.54, 1.807) is 36.4 Å². The van der Waals surface area contributed by atoms with Crippen molar-refractivity contribution in [3.63, 3.8) is 0 Å². The van der Waals surface area contributed by atoms with Crippen molar-refractivity contribution in [3.8, 4) is 17.6 Å². The van der Waals surface area contributed by atoms with E-state index < -0.39 is 5.91 Å². The topological polar surface area (TPSA) is 82.3 Å². The molecule has 0 aliphatic heterocycles. The first-order chi connectivity index (χ1) is 13.6. The number of carbonyl (C=O) groups is 1. The van der Waals surface area contributed by atoms with Gasteiger partial charge in [0.2, 0.25) is 0 Å². The van der Waals surface area contributed by atoms with Crippen LogP contribution in [0.5, 0.6) is 11.5 Å². The lowest BCUT2D eigenvalue weighted by Crippen LogP contribution is -2.13. The smallest absolute Gasteiger partial charge is 0.266 e. The zero-order chi connectivity index (χ0) is 19.8. The molecule has 3 aromatic rings. The lowest BCUT2D eigenvalue weighted by atomic mass is 10.1. The van der Waals surface area contributed by atoms with E-state index in [1.807, 2.05) is 36.4 Å². The van der Waals surface area contributed by atoms with E-state index in [1.165, 1.54) is 18.2 Å². The summed E-state index contributed by atoms with van der Waals surface area (Å²) in [6.45, 7) is 0.467. The molecular weight excluding hydrogens is 352 g/mol. The Hall–Kier alpha value is -4.04. The molecule has 0 saturated heterocycles. The van der Waals surface area contributed by atoms with Crippen LogP contribution in [-0.4, -0.2) is 11.0 Å². The first kappa shape index (κ1) is 18.7. The van der Waals surface area contributed by atoms with E-state index in [0.717, 1.165) is 5.56 Å². The minimum absolute atomic E-state index is 0.0222. The summed E-state index contributed by atoms with van der Waals surface area (Å²) in [6.07, 6.45) is 1.51. The first-order valence-electron chi connectivity index (χ1n) is 8.63. The highest BCUT2D eigenvalue weighted by atomic mass is 16.5. The van der Waals surface area contributed by atoms with E-state index in [0.29, 0.717) is 23.6 Å². The Labute approximate surface area is 163 Å². The van der Waals surface area contributed by atoms with Crippen LogP contribution >= 0.6 is 0 Å². The molecule has 3 rings (SSSR count). The van der Waals surface area contributed by atoms with E-state index >= 15 is 0 Å². The molecule has 3 aromatic carbocycles. The van der Waals surface area contributed by atoms with Crippen LogP contribution in [0, 0.1) is 11.3 Å². The number of nitrogens with one attached hydrogen (secondary N) is 1.